The van der Waals surface area contributed by atoms with E-state index in [1.165, 1.54) is 13.2 Å². The highest BCUT2D eigenvalue weighted by molar-refractivity contribution is 5.78. The first-order valence-electron chi connectivity index (χ1n) is 5.67. The van der Waals surface area contributed by atoms with Gasteiger partial charge >= 0.3 is 5.97 Å². The summed E-state index contributed by atoms with van der Waals surface area (Å²) in [5.41, 5.74) is 0.792. The molecule has 1 aromatic carbocycles. The van der Waals surface area contributed by atoms with E-state index in [-0.39, 0.29) is 17.6 Å². The van der Waals surface area contributed by atoms with Crippen LogP contribution in [0.25, 0.3) is 0 Å². The molecule has 1 atom stereocenters. The molecule has 0 aliphatic rings. The Morgan fingerprint density at radius 2 is 2.12 bits per heavy atom. The highest BCUT2D eigenvalue weighted by atomic mass is 16.5. The zero-order chi connectivity index (χ0) is 12.8. The van der Waals surface area contributed by atoms with Gasteiger partial charge in [0.05, 0.1) is 19.6 Å². The molecule has 1 aromatic rings. The lowest BCUT2D eigenvalue weighted by atomic mass is 9.96. The van der Waals surface area contributed by atoms with Gasteiger partial charge in [0.2, 0.25) is 0 Å². The van der Waals surface area contributed by atoms with E-state index in [9.17, 15) is 9.90 Å². The average molecular weight is 238 g/mol. The fraction of sp³-hybridized carbons (Fsp3) is 0.462. The van der Waals surface area contributed by atoms with Crippen LogP contribution in [0, 0.1) is 0 Å². The first kappa shape index (κ1) is 13.4. The molecule has 4 heteroatoms. The third kappa shape index (κ3) is 3.12. The largest absolute Gasteiger partial charge is 0.504 e. The molecule has 0 saturated heterocycles. The molecule has 0 heterocycles. The molecular weight excluding hydrogens is 220 g/mol. The molecule has 0 saturated carbocycles. The van der Waals surface area contributed by atoms with Gasteiger partial charge in [0.1, 0.15) is 0 Å². The minimum atomic E-state index is -0.315. The minimum absolute atomic E-state index is 0.0648. The number of phenols is 1. The number of carbonyl (C=O) groups is 1. The number of esters is 1. The Balaban J connectivity index is 2.99. The SMILES string of the molecule is CCOC(=O)C(CC)c1ccc(O)c(OC)c1. The summed E-state index contributed by atoms with van der Waals surface area (Å²) in [5, 5.41) is 9.49. The number of benzene rings is 1. The van der Waals surface area contributed by atoms with Gasteiger partial charge in [-0.3, -0.25) is 4.79 Å². The summed E-state index contributed by atoms with van der Waals surface area (Å²) in [6, 6.07) is 4.90. The summed E-state index contributed by atoms with van der Waals surface area (Å²) in [6.45, 7) is 4.06. The maximum absolute atomic E-state index is 11.7. The van der Waals surface area contributed by atoms with E-state index in [4.69, 9.17) is 9.47 Å². The van der Waals surface area contributed by atoms with Crippen molar-refractivity contribution in [2.45, 2.75) is 26.2 Å². The molecular formula is C13H18O4. The quantitative estimate of drug-likeness (QED) is 0.800. The molecule has 94 valence electrons. The molecule has 0 radical (unpaired) electrons. The van der Waals surface area contributed by atoms with Crippen molar-refractivity contribution >= 4 is 5.97 Å². The van der Waals surface area contributed by atoms with Crippen molar-refractivity contribution in [3.05, 3.63) is 23.8 Å². The van der Waals surface area contributed by atoms with E-state index < -0.39 is 0 Å². The Morgan fingerprint density at radius 3 is 2.65 bits per heavy atom. The second-order valence-corrected chi connectivity index (χ2v) is 3.64. The molecule has 0 spiro atoms. The van der Waals surface area contributed by atoms with Crippen LogP contribution >= 0.6 is 0 Å². The summed E-state index contributed by atoms with van der Waals surface area (Å²) in [7, 11) is 1.48. The van der Waals surface area contributed by atoms with Gasteiger partial charge in [-0.05, 0) is 31.0 Å². The fourth-order valence-electron chi connectivity index (χ4n) is 1.69. The first-order chi connectivity index (χ1) is 8.13. The van der Waals surface area contributed by atoms with Crippen LogP contribution in [0.15, 0.2) is 18.2 Å². The zero-order valence-electron chi connectivity index (χ0n) is 10.4. The lowest BCUT2D eigenvalue weighted by Crippen LogP contribution is -2.15. The third-order valence-electron chi connectivity index (χ3n) is 2.59. The van der Waals surface area contributed by atoms with Crippen molar-refractivity contribution in [1.29, 1.82) is 0 Å². The highest BCUT2D eigenvalue weighted by Gasteiger charge is 2.21. The van der Waals surface area contributed by atoms with Crippen molar-refractivity contribution in [2.75, 3.05) is 13.7 Å². The van der Waals surface area contributed by atoms with Crippen molar-refractivity contribution in [3.8, 4) is 11.5 Å². The normalized spacial score (nSPS) is 11.9. The van der Waals surface area contributed by atoms with Gasteiger partial charge in [-0.1, -0.05) is 13.0 Å². The predicted octanol–water partition coefficient (Wildman–Crippen LogP) is 2.46. The zero-order valence-corrected chi connectivity index (χ0v) is 10.4. The maximum atomic E-state index is 11.7. The predicted molar refractivity (Wildman–Crippen MR) is 64.3 cm³/mol. The van der Waals surface area contributed by atoms with Crippen LogP contribution in [0.4, 0.5) is 0 Å². The highest BCUT2D eigenvalue weighted by Crippen LogP contribution is 2.31. The smallest absolute Gasteiger partial charge is 0.313 e. The van der Waals surface area contributed by atoms with Gasteiger partial charge in [-0.2, -0.15) is 0 Å². The van der Waals surface area contributed by atoms with E-state index in [1.807, 2.05) is 6.92 Å². The van der Waals surface area contributed by atoms with Gasteiger partial charge in [0.15, 0.2) is 11.5 Å². The molecule has 0 fully saturated rings. The van der Waals surface area contributed by atoms with E-state index in [1.54, 1.807) is 19.1 Å². The number of hydrogen-bond acceptors (Lipinski definition) is 4. The van der Waals surface area contributed by atoms with Crippen LogP contribution < -0.4 is 4.74 Å². The van der Waals surface area contributed by atoms with Gasteiger partial charge in [-0.15, -0.1) is 0 Å². The number of carbonyl (C=O) groups excluding carboxylic acids is 1. The van der Waals surface area contributed by atoms with Crippen LogP contribution in [0.1, 0.15) is 31.7 Å². The molecule has 0 bridgehead atoms. The minimum Gasteiger partial charge on any atom is -0.504 e. The number of hydrogen-bond donors (Lipinski definition) is 1. The monoisotopic (exact) mass is 238 g/mol. The van der Waals surface area contributed by atoms with E-state index in [0.29, 0.717) is 18.8 Å². The molecule has 0 aromatic heterocycles. The van der Waals surface area contributed by atoms with E-state index in [2.05, 4.69) is 0 Å². The van der Waals surface area contributed by atoms with Crippen LogP contribution in [-0.4, -0.2) is 24.8 Å². The molecule has 4 nitrogen and oxygen atoms in total. The molecule has 1 N–H and O–H groups in total. The first-order valence-corrected chi connectivity index (χ1v) is 5.67. The Hall–Kier alpha value is -1.71. The number of rotatable bonds is 5. The second kappa shape index (κ2) is 6.13. The molecule has 0 amide bonds. The summed E-state index contributed by atoms with van der Waals surface area (Å²) in [4.78, 5) is 11.7. The molecule has 0 aliphatic heterocycles. The van der Waals surface area contributed by atoms with Crippen molar-refractivity contribution in [1.82, 2.24) is 0 Å². The van der Waals surface area contributed by atoms with Gasteiger partial charge in [-0.25, -0.2) is 0 Å². The van der Waals surface area contributed by atoms with Crippen LogP contribution in [0.2, 0.25) is 0 Å². The van der Waals surface area contributed by atoms with Gasteiger partial charge in [0.25, 0.3) is 0 Å². The Bertz CT molecular complexity index is 387. The molecule has 0 aliphatic carbocycles. The summed E-state index contributed by atoms with van der Waals surface area (Å²) in [5.74, 6) is -0.132. The van der Waals surface area contributed by atoms with Crippen LogP contribution in [0.5, 0.6) is 11.5 Å². The molecule has 17 heavy (non-hydrogen) atoms. The molecule has 1 unspecified atom stereocenters. The number of aromatic hydroxyl groups is 1. The Morgan fingerprint density at radius 1 is 1.41 bits per heavy atom. The number of ether oxygens (including phenoxy) is 2. The van der Waals surface area contributed by atoms with Crippen molar-refractivity contribution in [3.63, 3.8) is 0 Å². The maximum Gasteiger partial charge on any atom is 0.313 e. The summed E-state index contributed by atoms with van der Waals surface area (Å²) < 4.78 is 10.0. The lowest BCUT2D eigenvalue weighted by molar-refractivity contribution is -0.145. The Labute approximate surface area is 101 Å². The van der Waals surface area contributed by atoms with Crippen molar-refractivity contribution in [2.24, 2.45) is 0 Å². The summed E-state index contributed by atoms with van der Waals surface area (Å²) >= 11 is 0. The second-order valence-electron chi connectivity index (χ2n) is 3.64. The van der Waals surface area contributed by atoms with Crippen LogP contribution in [-0.2, 0) is 9.53 Å². The number of methoxy groups -OCH3 is 1. The topological polar surface area (TPSA) is 55.8 Å². The van der Waals surface area contributed by atoms with E-state index >= 15 is 0 Å². The van der Waals surface area contributed by atoms with Gasteiger partial charge in [0, 0.05) is 0 Å². The number of phenolic OH excluding ortho intramolecular Hbond substituents is 1. The van der Waals surface area contributed by atoms with E-state index in [0.717, 1.165) is 5.56 Å². The fourth-order valence-corrected chi connectivity index (χ4v) is 1.69. The lowest BCUT2D eigenvalue weighted by Gasteiger charge is -2.15. The summed E-state index contributed by atoms with van der Waals surface area (Å²) in [6.07, 6.45) is 0.646. The standard InChI is InChI=1S/C13H18O4/c1-4-10(13(15)17-5-2)9-6-7-11(14)12(8-9)16-3/h6-8,10,14H,4-5H2,1-3H3. The van der Waals surface area contributed by atoms with Gasteiger partial charge < -0.3 is 14.6 Å². The van der Waals surface area contributed by atoms with Crippen LogP contribution in [0.3, 0.4) is 0 Å². The Kier molecular flexibility index (Phi) is 4.82. The van der Waals surface area contributed by atoms with Crippen molar-refractivity contribution < 1.29 is 19.4 Å². The average Bonchev–Trinajstić information content (AvgIpc) is 2.32. The molecule has 1 rings (SSSR count). The third-order valence-corrected chi connectivity index (χ3v) is 2.59.